The van der Waals surface area contributed by atoms with Crippen molar-refractivity contribution in [3.8, 4) is 5.75 Å². The van der Waals surface area contributed by atoms with Crippen molar-refractivity contribution in [1.82, 2.24) is 0 Å². The van der Waals surface area contributed by atoms with Gasteiger partial charge in [0.25, 0.3) is 0 Å². The highest BCUT2D eigenvalue weighted by atomic mass is 32.2. The third-order valence-corrected chi connectivity index (χ3v) is 8.24. The van der Waals surface area contributed by atoms with Crippen LogP contribution in [0.2, 0.25) is 0 Å². The molecule has 4 rings (SSSR count). The number of nitrogens with one attached hydrogen (secondary N) is 1. The van der Waals surface area contributed by atoms with Crippen LogP contribution in [0.1, 0.15) is 20.8 Å². The van der Waals surface area contributed by atoms with Crippen LogP contribution in [0, 0.1) is 12.7 Å². The minimum Gasteiger partial charge on any atom is -0.497 e. The number of ketones is 1. The molecule has 0 unspecified atom stereocenters. The quantitative estimate of drug-likeness (QED) is 0.324. The Morgan fingerprint density at radius 1 is 1.03 bits per heavy atom. The number of nitrogen functional groups attached to an aromatic ring is 1. The van der Waals surface area contributed by atoms with Crippen molar-refractivity contribution in [3.63, 3.8) is 0 Å². The van der Waals surface area contributed by atoms with Crippen molar-refractivity contribution >= 4 is 43.3 Å². The van der Waals surface area contributed by atoms with Crippen molar-refractivity contribution in [3.05, 3.63) is 94.6 Å². The predicted octanol–water partition coefficient (Wildman–Crippen LogP) is 5.59. The number of aryl methyl sites for hydroxylation is 1. The van der Waals surface area contributed by atoms with E-state index < -0.39 is 21.4 Å². The lowest BCUT2D eigenvalue weighted by molar-refractivity contribution is 0.104. The molecule has 174 valence electrons. The molecule has 0 saturated carbocycles. The molecular weight excluding hydrogens is 475 g/mol. The molecule has 0 spiro atoms. The first-order valence-corrected chi connectivity index (χ1v) is 12.5. The van der Waals surface area contributed by atoms with E-state index in [2.05, 4.69) is 5.32 Å². The number of thiophene rings is 1. The highest BCUT2D eigenvalue weighted by Gasteiger charge is 2.31. The Morgan fingerprint density at radius 3 is 2.35 bits per heavy atom. The number of halogens is 1. The first-order valence-electron chi connectivity index (χ1n) is 10.2. The number of hydrogen-bond donors (Lipinski definition) is 2. The molecule has 3 N–H and O–H groups in total. The smallest absolute Gasteiger partial charge is 0.211 e. The zero-order valence-electron chi connectivity index (χ0n) is 18.3. The molecule has 0 aliphatic rings. The molecule has 0 radical (unpaired) electrons. The van der Waals surface area contributed by atoms with E-state index in [1.54, 1.807) is 36.4 Å². The van der Waals surface area contributed by atoms with Crippen LogP contribution in [-0.4, -0.2) is 21.3 Å². The van der Waals surface area contributed by atoms with Gasteiger partial charge < -0.3 is 15.8 Å². The third kappa shape index (κ3) is 4.52. The van der Waals surface area contributed by atoms with Crippen molar-refractivity contribution in [2.45, 2.75) is 16.7 Å². The Bertz CT molecular complexity index is 1460. The summed E-state index contributed by atoms with van der Waals surface area (Å²) in [7, 11) is -2.59. The van der Waals surface area contributed by atoms with Gasteiger partial charge in [0.1, 0.15) is 26.3 Å². The van der Waals surface area contributed by atoms with E-state index in [9.17, 15) is 17.6 Å². The molecule has 4 aromatic rings. The first-order chi connectivity index (χ1) is 16.2. The number of benzene rings is 3. The number of carbonyl (C=O) groups excluding carboxylic acids is 1. The summed E-state index contributed by atoms with van der Waals surface area (Å²) in [6.07, 6.45) is 0. The Morgan fingerprint density at radius 2 is 1.71 bits per heavy atom. The predicted molar refractivity (Wildman–Crippen MR) is 131 cm³/mol. The van der Waals surface area contributed by atoms with Crippen LogP contribution in [0.25, 0.3) is 0 Å². The number of methoxy groups -OCH3 is 1. The molecule has 0 aliphatic heterocycles. The number of ether oxygens (including phenoxy) is 1. The summed E-state index contributed by atoms with van der Waals surface area (Å²) in [5, 5.41) is 3.16. The first kappa shape index (κ1) is 23.5. The zero-order valence-corrected chi connectivity index (χ0v) is 20.0. The monoisotopic (exact) mass is 496 g/mol. The van der Waals surface area contributed by atoms with Gasteiger partial charge in [0.05, 0.1) is 17.7 Å². The maximum atomic E-state index is 13.6. The van der Waals surface area contributed by atoms with E-state index in [0.29, 0.717) is 17.0 Å². The largest absolute Gasteiger partial charge is 0.497 e. The van der Waals surface area contributed by atoms with Gasteiger partial charge in [0, 0.05) is 11.3 Å². The van der Waals surface area contributed by atoms with E-state index in [-0.39, 0.29) is 25.4 Å². The number of rotatable bonds is 7. The van der Waals surface area contributed by atoms with Gasteiger partial charge in [-0.05, 0) is 55.5 Å². The number of sulfone groups is 1. The van der Waals surface area contributed by atoms with E-state index >= 15 is 0 Å². The van der Waals surface area contributed by atoms with E-state index in [1.807, 2.05) is 6.92 Å². The summed E-state index contributed by atoms with van der Waals surface area (Å²) in [5.41, 5.74) is 7.83. The SMILES string of the molecule is COc1cccc(C(=O)c2sc(Nc3ccc(F)cc3)c(S(=O)(=O)c3ccc(C)cc3)c2N)c1. The molecule has 1 heterocycles. The average Bonchev–Trinajstić information content (AvgIpc) is 3.16. The van der Waals surface area contributed by atoms with Gasteiger partial charge in [-0.2, -0.15) is 0 Å². The zero-order chi connectivity index (χ0) is 24.5. The van der Waals surface area contributed by atoms with Crippen LogP contribution in [0.5, 0.6) is 5.75 Å². The van der Waals surface area contributed by atoms with Gasteiger partial charge in [-0.25, -0.2) is 12.8 Å². The molecule has 0 saturated heterocycles. The molecule has 0 atom stereocenters. The maximum absolute atomic E-state index is 13.6. The third-order valence-electron chi connectivity index (χ3n) is 5.14. The van der Waals surface area contributed by atoms with Crippen LogP contribution in [0.15, 0.2) is 82.6 Å². The van der Waals surface area contributed by atoms with Crippen LogP contribution < -0.4 is 15.8 Å². The van der Waals surface area contributed by atoms with Crippen molar-refractivity contribution < 1.29 is 22.3 Å². The lowest BCUT2D eigenvalue weighted by atomic mass is 10.1. The second-order valence-corrected chi connectivity index (χ2v) is 10.4. The van der Waals surface area contributed by atoms with Gasteiger partial charge in [-0.1, -0.05) is 29.8 Å². The summed E-state index contributed by atoms with van der Waals surface area (Å²) in [5.74, 6) is -0.385. The Hall–Kier alpha value is -3.69. The van der Waals surface area contributed by atoms with Crippen LogP contribution in [0.3, 0.4) is 0 Å². The van der Waals surface area contributed by atoms with Crippen LogP contribution in [-0.2, 0) is 9.84 Å². The second-order valence-electron chi connectivity index (χ2n) is 7.51. The van der Waals surface area contributed by atoms with Gasteiger partial charge in [0.2, 0.25) is 15.6 Å². The minimum absolute atomic E-state index is 0.0464. The van der Waals surface area contributed by atoms with E-state index in [0.717, 1.165) is 16.9 Å². The summed E-state index contributed by atoms with van der Waals surface area (Å²) in [6, 6.07) is 18.3. The maximum Gasteiger partial charge on any atom is 0.211 e. The highest BCUT2D eigenvalue weighted by Crippen LogP contribution is 2.44. The number of anilines is 3. The second kappa shape index (κ2) is 9.28. The van der Waals surface area contributed by atoms with Gasteiger partial charge in [0.15, 0.2) is 0 Å². The van der Waals surface area contributed by atoms with Crippen molar-refractivity contribution in [2.75, 3.05) is 18.2 Å². The van der Waals surface area contributed by atoms with Crippen LogP contribution in [0.4, 0.5) is 20.8 Å². The molecule has 0 fully saturated rings. The molecule has 0 aliphatic carbocycles. The van der Waals surface area contributed by atoms with Crippen LogP contribution >= 0.6 is 11.3 Å². The summed E-state index contributed by atoms with van der Waals surface area (Å²) < 4.78 is 45.8. The Labute approximate surface area is 200 Å². The molecule has 6 nitrogen and oxygen atoms in total. The minimum atomic E-state index is -4.08. The summed E-state index contributed by atoms with van der Waals surface area (Å²) >= 11 is 0.927. The van der Waals surface area contributed by atoms with Gasteiger partial charge in [-0.15, -0.1) is 11.3 Å². The number of carbonyl (C=O) groups is 1. The molecule has 9 heteroatoms. The molecule has 3 aromatic carbocycles. The lowest BCUT2D eigenvalue weighted by Gasteiger charge is -2.10. The highest BCUT2D eigenvalue weighted by molar-refractivity contribution is 7.92. The normalized spacial score (nSPS) is 11.3. The van der Waals surface area contributed by atoms with Gasteiger partial charge in [-0.3, -0.25) is 4.79 Å². The Balaban J connectivity index is 1.87. The van der Waals surface area contributed by atoms with Crippen molar-refractivity contribution in [1.29, 1.82) is 0 Å². The fourth-order valence-electron chi connectivity index (χ4n) is 3.34. The summed E-state index contributed by atoms with van der Waals surface area (Å²) in [6.45, 7) is 1.85. The Kier molecular flexibility index (Phi) is 6.41. The number of nitrogens with two attached hydrogens (primary N) is 1. The topological polar surface area (TPSA) is 98.5 Å². The van der Waals surface area contributed by atoms with Crippen molar-refractivity contribution in [2.24, 2.45) is 0 Å². The molecular formula is C25H21FN2O4S2. The van der Waals surface area contributed by atoms with E-state index in [1.165, 1.54) is 43.5 Å². The van der Waals surface area contributed by atoms with E-state index in [4.69, 9.17) is 10.5 Å². The average molecular weight is 497 g/mol. The molecule has 0 amide bonds. The van der Waals surface area contributed by atoms with Gasteiger partial charge >= 0.3 is 0 Å². The lowest BCUT2D eigenvalue weighted by Crippen LogP contribution is -2.08. The fraction of sp³-hybridized carbons (Fsp3) is 0.0800. The molecule has 0 bridgehead atoms. The fourth-order valence-corrected chi connectivity index (χ4v) is 6.28. The number of hydrogen-bond acceptors (Lipinski definition) is 7. The standard InChI is InChI=1S/C25H21FN2O4S2/c1-15-6-12-20(13-7-15)34(30,31)24-21(27)23(22(29)16-4-3-5-19(14-16)32-2)33-25(24)28-18-10-8-17(26)9-11-18/h3-14,28H,27H2,1-2H3. The summed E-state index contributed by atoms with van der Waals surface area (Å²) in [4.78, 5) is 13.2. The molecule has 1 aromatic heterocycles. The molecule has 34 heavy (non-hydrogen) atoms.